The molecule has 3 aromatic rings. The molecular weight excluding hydrogens is 392 g/mol. The minimum Gasteiger partial charge on any atom is -0.490 e. The average Bonchev–Trinajstić information content (AvgIpc) is 3.39. The van der Waals surface area contributed by atoms with Crippen LogP contribution in [0.2, 0.25) is 0 Å². The summed E-state index contributed by atoms with van der Waals surface area (Å²) in [6, 6.07) is 10.2. The topological polar surface area (TPSA) is 104 Å². The third-order valence-electron chi connectivity index (χ3n) is 5.96. The minimum absolute atomic E-state index is 0.0388. The predicted octanol–water partition coefficient (Wildman–Crippen LogP) is 2.94. The highest BCUT2D eigenvalue weighted by molar-refractivity contribution is 5.93. The van der Waals surface area contributed by atoms with Gasteiger partial charge in [-0.05, 0) is 56.5 Å². The lowest BCUT2D eigenvalue weighted by molar-refractivity contribution is -0.117. The van der Waals surface area contributed by atoms with Crippen LogP contribution < -0.4 is 15.4 Å². The predicted molar refractivity (Wildman–Crippen MR) is 116 cm³/mol. The van der Waals surface area contributed by atoms with Crippen LogP contribution in [0.4, 0.5) is 5.82 Å². The number of nitriles is 1. The molecule has 8 heteroatoms. The Labute approximate surface area is 180 Å². The number of hydrogen-bond donors (Lipinski definition) is 2. The smallest absolute Gasteiger partial charge is 0.228 e. The normalized spacial score (nSPS) is 20.5. The minimum atomic E-state index is -0.508. The maximum Gasteiger partial charge on any atom is 0.228 e. The van der Waals surface area contributed by atoms with Crippen LogP contribution in [0.25, 0.3) is 16.6 Å². The van der Waals surface area contributed by atoms with Crippen molar-refractivity contribution in [3.05, 3.63) is 42.4 Å². The number of aryl methyl sites for hydroxylation is 1. The number of pyridine rings is 2. The second kappa shape index (κ2) is 7.67. The third kappa shape index (κ3) is 3.97. The van der Waals surface area contributed by atoms with Crippen molar-refractivity contribution in [1.29, 1.82) is 5.26 Å². The molecule has 0 spiro atoms. The highest BCUT2D eigenvalue weighted by Crippen LogP contribution is 2.34. The van der Waals surface area contributed by atoms with E-state index in [2.05, 4.69) is 26.8 Å². The number of ether oxygens (including phenoxy) is 1. The highest BCUT2D eigenvalue weighted by atomic mass is 16.5. The number of fused-ring (bicyclic) bond motifs is 1. The molecule has 2 aliphatic rings. The zero-order valence-electron chi connectivity index (χ0n) is 17.4. The Bertz CT molecular complexity index is 1180. The van der Waals surface area contributed by atoms with Crippen molar-refractivity contribution in [3.63, 3.8) is 0 Å². The molecule has 2 N–H and O–H groups in total. The molecule has 0 aromatic carbocycles. The van der Waals surface area contributed by atoms with Crippen LogP contribution >= 0.6 is 0 Å². The average molecular weight is 416 g/mol. The van der Waals surface area contributed by atoms with Crippen molar-refractivity contribution in [2.24, 2.45) is 11.3 Å². The Morgan fingerprint density at radius 2 is 2.29 bits per heavy atom. The Kier molecular flexibility index (Phi) is 4.83. The molecule has 0 unspecified atom stereocenters. The number of nitrogens with one attached hydrogen (secondary N) is 2. The van der Waals surface area contributed by atoms with Crippen LogP contribution in [0, 0.1) is 29.6 Å². The molecule has 8 nitrogen and oxygen atoms in total. The van der Waals surface area contributed by atoms with Gasteiger partial charge in [-0.3, -0.25) is 9.78 Å². The molecule has 1 saturated carbocycles. The fourth-order valence-electron chi connectivity index (χ4n) is 3.90. The van der Waals surface area contributed by atoms with E-state index in [0.717, 1.165) is 48.1 Å². The van der Waals surface area contributed by atoms with Gasteiger partial charge in [-0.15, -0.1) is 0 Å². The van der Waals surface area contributed by atoms with Gasteiger partial charge in [0.15, 0.2) is 5.82 Å². The molecule has 5 rings (SSSR count). The zero-order valence-corrected chi connectivity index (χ0v) is 17.4. The summed E-state index contributed by atoms with van der Waals surface area (Å²) in [5.74, 6) is 1.38. The monoisotopic (exact) mass is 416 g/mol. The quantitative estimate of drug-likeness (QED) is 0.640. The van der Waals surface area contributed by atoms with E-state index in [-0.39, 0.29) is 11.8 Å². The first-order chi connectivity index (χ1) is 15.0. The van der Waals surface area contributed by atoms with Crippen LogP contribution in [0.15, 0.2) is 36.7 Å². The van der Waals surface area contributed by atoms with E-state index in [0.29, 0.717) is 24.7 Å². The van der Waals surface area contributed by atoms with Crippen molar-refractivity contribution in [2.75, 3.05) is 25.0 Å². The Balaban J connectivity index is 1.42. The second-order valence-electron chi connectivity index (χ2n) is 8.51. The lowest BCUT2D eigenvalue weighted by atomic mass is 9.90. The Morgan fingerprint density at radius 3 is 3.03 bits per heavy atom. The molecular formula is C23H24N6O2. The summed E-state index contributed by atoms with van der Waals surface area (Å²) < 4.78 is 7.87. The Morgan fingerprint density at radius 1 is 1.42 bits per heavy atom. The zero-order chi connectivity index (χ0) is 21.4. The molecule has 4 heterocycles. The first-order valence-electron chi connectivity index (χ1n) is 10.6. The van der Waals surface area contributed by atoms with E-state index in [1.165, 1.54) is 0 Å². The number of carbonyl (C=O) groups is 1. The summed E-state index contributed by atoms with van der Waals surface area (Å²) in [6.45, 7) is 3.72. The van der Waals surface area contributed by atoms with Crippen LogP contribution in [0.1, 0.15) is 25.0 Å². The van der Waals surface area contributed by atoms with Gasteiger partial charge in [-0.1, -0.05) is 0 Å². The van der Waals surface area contributed by atoms with Crippen LogP contribution in [-0.4, -0.2) is 40.2 Å². The number of amides is 1. The second-order valence-corrected chi connectivity index (χ2v) is 8.51. The molecule has 1 aliphatic carbocycles. The molecule has 3 aromatic heterocycles. The summed E-state index contributed by atoms with van der Waals surface area (Å²) in [4.78, 5) is 16.4. The number of anilines is 1. The molecule has 1 saturated heterocycles. The Hall–Kier alpha value is -3.44. The summed E-state index contributed by atoms with van der Waals surface area (Å²) in [5.41, 5.74) is 3.12. The van der Waals surface area contributed by atoms with Gasteiger partial charge in [0.05, 0.1) is 17.8 Å². The fraction of sp³-hybridized carbons (Fsp3) is 0.391. The van der Waals surface area contributed by atoms with E-state index >= 15 is 0 Å². The van der Waals surface area contributed by atoms with Gasteiger partial charge in [0.1, 0.15) is 17.8 Å². The van der Waals surface area contributed by atoms with Gasteiger partial charge < -0.3 is 15.4 Å². The van der Waals surface area contributed by atoms with Gasteiger partial charge in [-0.25, -0.2) is 4.52 Å². The lowest BCUT2D eigenvalue weighted by Gasteiger charge is -2.21. The standard InChI is InChI=1S/C23H24N6O2/c1-15-8-19(20(11-26-15)31-14-23(12-24)5-6-25-13-23)17-4-7-29-18(9-17)10-21(28-29)27-22(30)16-2-3-16/h4,7-11,16,25H,2-3,5-6,13-14H2,1H3,(H,27,28,30)/t23-/m1/s1. The molecule has 0 bridgehead atoms. The van der Waals surface area contributed by atoms with Crippen molar-refractivity contribution >= 4 is 17.2 Å². The van der Waals surface area contributed by atoms with Crippen LogP contribution in [0.5, 0.6) is 5.75 Å². The maximum atomic E-state index is 12.0. The van der Waals surface area contributed by atoms with E-state index in [4.69, 9.17) is 4.74 Å². The summed E-state index contributed by atoms with van der Waals surface area (Å²) in [5, 5.41) is 20.2. The summed E-state index contributed by atoms with van der Waals surface area (Å²) in [6.07, 6.45) is 6.28. The molecule has 1 atom stereocenters. The van der Waals surface area contributed by atoms with Crippen LogP contribution in [-0.2, 0) is 4.79 Å². The van der Waals surface area contributed by atoms with Gasteiger partial charge in [0.2, 0.25) is 5.91 Å². The van der Waals surface area contributed by atoms with Gasteiger partial charge in [0.25, 0.3) is 0 Å². The molecule has 158 valence electrons. The van der Waals surface area contributed by atoms with E-state index < -0.39 is 5.41 Å². The molecule has 0 radical (unpaired) electrons. The number of aromatic nitrogens is 3. The van der Waals surface area contributed by atoms with Crippen LogP contribution in [0.3, 0.4) is 0 Å². The number of hydrogen-bond acceptors (Lipinski definition) is 6. The largest absolute Gasteiger partial charge is 0.490 e. The van der Waals surface area contributed by atoms with E-state index in [9.17, 15) is 10.1 Å². The van der Waals surface area contributed by atoms with Crippen molar-refractivity contribution < 1.29 is 9.53 Å². The molecule has 1 aliphatic heterocycles. The van der Waals surface area contributed by atoms with Crippen molar-refractivity contribution in [1.82, 2.24) is 19.9 Å². The fourth-order valence-corrected chi connectivity index (χ4v) is 3.90. The first-order valence-corrected chi connectivity index (χ1v) is 10.6. The van der Waals surface area contributed by atoms with E-state index in [1.54, 1.807) is 10.7 Å². The van der Waals surface area contributed by atoms with Gasteiger partial charge >= 0.3 is 0 Å². The van der Waals surface area contributed by atoms with E-state index in [1.807, 2.05) is 37.4 Å². The summed E-state index contributed by atoms with van der Waals surface area (Å²) >= 11 is 0. The molecule has 1 amide bonds. The van der Waals surface area contributed by atoms with Crippen molar-refractivity contribution in [3.8, 4) is 22.9 Å². The van der Waals surface area contributed by atoms with Gasteiger partial charge in [0, 0.05) is 36.0 Å². The SMILES string of the molecule is Cc1cc(-c2ccn3nc(NC(=O)C4CC4)cc3c2)c(OC[C@@]2(C#N)CCNC2)cn1. The number of carbonyl (C=O) groups excluding carboxylic acids is 1. The number of rotatable bonds is 6. The highest BCUT2D eigenvalue weighted by Gasteiger charge is 2.35. The molecule has 31 heavy (non-hydrogen) atoms. The number of nitrogens with zero attached hydrogens (tertiary/aromatic N) is 4. The lowest BCUT2D eigenvalue weighted by Crippen LogP contribution is -2.29. The third-order valence-corrected chi connectivity index (χ3v) is 5.96. The van der Waals surface area contributed by atoms with Gasteiger partial charge in [-0.2, -0.15) is 10.4 Å². The molecule has 2 fully saturated rings. The maximum absolute atomic E-state index is 12.0. The summed E-state index contributed by atoms with van der Waals surface area (Å²) in [7, 11) is 0. The first kappa shape index (κ1) is 19.5. The van der Waals surface area contributed by atoms with Crippen molar-refractivity contribution in [2.45, 2.75) is 26.2 Å².